The monoisotopic (exact) mass is 412 g/mol. The Morgan fingerprint density at radius 3 is 2.76 bits per heavy atom. The number of anilines is 1. The Kier molecular flexibility index (Phi) is 6.86. The van der Waals surface area contributed by atoms with Gasteiger partial charge in [-0.05, 0) is 36.3 Å². The fraction of sp³-hybridized carbons (Fsp3) is 0.381. The first-order valence-electron chi connectivity index (χ1n) is 9.49. The van der Waals surface area contributed by atoms with E-state index in [1.54, 1.807) is 12.3 Å². The second kappa shape index (κ2) is 9.54. The summed E-state index contributed by atoms with van der Waals surface area (Å²) in [6.07, 6.45) is 8.34. The molecule has 1 unspecified atom stereocenters. The van der Waals surface area contributed by atoms with Gasteiger partial charge in [0, 0.05) is 18.8 Å². The second-order valence-electron chi connectivity index (χ2n) is 6.91. The Morgan fingerprint density at radius 2 is 2.14 bits per heavy atom. The third-order valence-electron chi connectivity index (χ3n) is 4.99. The number of aromatic nitrogens is 1. The molecule has 7 nitrogen and oxygen atoms in total. The second-order valence-corrected chi connectivity index (χ2v) is 7.76. The summed E-state index contributed by atoms with van der Waals surface area (Å²) in [5.41, 5.74) is 1.84. The lowest BCUT2D eigenvalue weighted by molar-refractivity contribution is -0.132. The number of aliphatic hydroxyl groups is 1. The number of hydrogen-bond acceptors (Lipinski definition) is 5. The van der Waals surface area contributed by atoms with E-state index in [-0.39, 0.29) is 18.6 Å². The van der Waals surface area contributed by atoms with Gasteiger partial charge in [-0.1, -0.05) is 24.3 Å². The molecular formula is C21H24N4O3S. The molecule has 1 saturated heterocycles. The Labute approximate surface area is 174 Å². The summed E-state index contributed by atoms with van der Waals surface area (Å²) in [5, 5.41) is 17.2. The van der Waals surface area contributed by atoms with Crippen LogP contribution in [0.3, 0.4) is 0 Å². The fourth-order valence-corrected chi connectivity index (χ4v) is 4.10. The van der Waals surface area contributed by atoms with Gasteiger partial charge < -0.3 is 15.3 Å². The molecule has 1 fully saturated rings. The molecule has 2 aromatic rings. The molecule has 2 atom stereocenters. The van der Waals surface area contributed by atoms with Gasteiger partial charge in [0.25, 0.3) is 0 Å². The lowest BCUT2D eigenvalue weighted by Crippen LogP contribution is -2.37. The van der Waals surface area contributed by atoms with Gasteiger partial charge in [-0.2, -0.15) is 0 Å². The van der Waals surface area contributed by atoms with Gasteiger partial charge in [-0.25, -0.2) is 9.78 Å². The molecule has 0 spiro atoms. The predicted octanol–water partition coefficient (Wildman–Crippen LogP) is 3.05. The number of rotatable bonds is 5. The highest BCUT2D eigenvalue weighted by atomic mass is 32.1. The number of piperidine rings is 1. The van der Waals surface area contributed by atoms with Gasteiger partial charge in [-0.15, -0.1) is 17.8 Å². The molecule has 3 amide bonds. The van der Waals surface area contributed by atoms with E-state index in [0.717, 1.165) is 36.9 Å². The van der Waals surface area contributed by atoms with Gasteiger partial charge in [-0.3, -0.25) is 10.1 Å². The molecule has 1 aromatic heterocycles. The fourth-order valence-electron chi connectivity index (χ4n) is 3.55. The minimum Gasteiger partial charge on any atom is -0.394 e. The van der Waals surface area contributed by atoms with E-state index in [2.05, 4.69) is 21.5 Å². The minimum absolute atomic E-state index is 0.0779. The van der Waals surface area contributed by atoms with Crippen molar-refractivity contribution < 1.29 is 14.7 Å². The van der Waals surface area contributed by atoms with E-state index in [1.165, 1.54) is 11.3 Å². The molecule has 0 saturated carbocycles. The maximum atomic E-state index is 12.2. The Morgan fingerprint density at radius 1 is 1.38 bits per heavy atom. The smallest absolute Gasteiger partial charge is 0.320 e. The lowest BCUT2D eigenvalue weighted by atomic mass is 9.93. The van der Waals surface area contributed by atoms with Crippen molar-refractivity contribution >= 4 is 29.1 Å². The molecule has 2 heterocycles. The van der Waals surface area contributed by atoms with Crippen LogP contribution in [0.15, 0.2) is 29.6 Å². The highest BCUT2D eigenvalue weighted by Gasteiger charge is 2.26. The number of aliphatic hydroxyl groups excluding tert-OH is 1. The number of amides is 3. The third-order valence-corrected chi connectivity index (χ3v) is 5.76. The number of likely N-dealkylation sites (tertiary alicyclic amines) is 1. The molecule has 29 heavy (non-hydrogen) atoms. The van der Waals surface area contributed by atoms with E-state index in [4.69, 9.17) is 6.42 Å². The van der Waals surface area contributed by atoms with Crippen molar-refractivity contribution in [2.75, 3.05) is 18.5 Å². The van der Waals surface area contributed by atoms with E-state index in [9.17, 15) is 14.7 Å². The normalized spacial score (nSPS) is 17.3. The molecule has 0 aliphatic carbocycles. The van der Waals surface area contributed by atoms with Gasteiger partial charge in [0.15, 0.2) is 5.01 Å². The number of urea groups is 1. The van der Waals surface area contributed by atoms with Gasteiger partial charge in [0.1, 0.15) is 5.82 Å². The van der Waals surface area contributed by atoms with E-state index in [0.29, 0.717) is 10.8 Å². The maximum Gasteiger partial charge on any atom is 0.320 e. The van der Waals surface area contributed by atoms with Crippen LogP contribution in [-0.2, 0) is 4.79 Å². The van der Waals surface area contributed by atoms with Gasteiger partial charge in [0.05, 0.1) is 18.7 Å². The quantitative estimate of drug-likeness (QED) is 0.658. The zero-order valence-electron chi connectivity index (χ0n) is 16.2. The highest BCUT2D eigenvalue weighted by Crippen LogP contribution is 2.31. The van der Waals surface area contributed by atoms with Crippen LogP contribution in [0.2, 0.25) is 0 Å². The number of terminal acetylenes is 1. The Balaban J connectivity index is 1.66. The SMILES string of the molecule is C#Cc1nc(NC(=O)N[C@@H](CO)c2ccc(C3CCCCN3C(C)=O)cc2)cs1. The molecule has 3 N–H and O–H groups in total. The number of carbonyl (C=O) groups is 2. The molecule has 0 radical (unpaired) electrons. The molecule has 0 bridgehead atoms. The van der Waals surface area contributed by atoms with Crippen molar-refractivity contribution in [2.45, 2.75) is 38.3 Å². The summed E-state index contributed by atoms with van der Waals surface area (Å²) < 4.78 is 0. The number of nitrogens with one attached hydrogen (secondary N) is 2. The summed E-state index contributed by atoms with van der Waals surface area (Å²) in [6.45, 7) is 2.13. The molecule has 1 aliphatic rings. The minimum atomic E-state index is -0.565. The summed E-state index contributed by atoms with van der Waals surface area (Å²) in [5.74, 6) is 2.87. The molecule has 1 aromatic carbocycles. The number of carbonyl (C=O) groups excluding carboxylic acids is 2. The van der Waals surface area contributed by atoms with Crippen LogP contribution in [0.5, 0.6) is 0 Å². The molecular weight excluding hydrogens is 388 g/mol. The highest BCUT2D eigenvalue weighted by molar-refractivity contribution is 7.10. The van der Waals surface area contributed by atoms with Crippen molar-refractivity contribution in [2.24, 2.45) is 0 Å². The predicted molar refractivity (Wildman–Crippen MR) is 112 cm³/mol. The largest absolute Gasteiger partial charge is 0.394 e. The first-order chi connectivity index (χ1) is 14.0. The summed E-state index contributed by atoms with van der Waals surface area (Å²) in [7, 11) is 0. The van der Waals surface area contributed by atoms with Crippen molar-refractivity contribution in [3.8, 4) is 12.3 Å². The van der Waals surface area contributed by atoms with Gasteiger partial charge in [0.2, 0.25) is 5.91 Å². The third kappa shape index (κ3) is 5.13. The van der Waals surface area contributed by atoms with Crippen LogP contribution in [0.1, 0.15) is 54.4 Å². The van der Waals surface area contributed by atoms with Crippen LogP contribution < -0.4 is 10.6 Å². The van der Waals surface area contributed by atoms with E-state index < -0.39 is 12.1 Å². The first kappa shape index (κ1) is 20.8. The van der Waals surface area contributed by atoms with Crippen LogP contribution in [-0.4, -0.2) is 40.1 Å². The zero-order chi connectivity index (χ0) is 20.8. The summed E-state index contributed by atoms with van der Waals surface area (Å²) in [6, 6.07) is 6.72. The molecule has 1 aliphatic heterocycles. The van der Waals surface area contributed by atoms with Crippen LogP contribution in [0, 0.1) is 12.3 Å². The van der Waals surface area contributed by atoms with Crippen LogP contribution in [0.25, 0.3) is 0 Å². The van der Waals surface area contributed by atoms with Crippen molar-refractivity contribution in [3.05, 3.63) is 45.8 Å². The van der Waals surface area contributed by atoms with E-state index >= 15 is 0 Å². The summed E-state index contributed by atoms with van der Waals surface area (Å²) in [4.78, 5) is 30.1. The molecule has 152 valence electrons. The molecule has 8 heteroatoms. The number of benzene rings is 1. The Bertz CT molecular complexity index is 903. The average molecular weight is 413 g/mol. The lowest BCUT2D eigenvalue weighted by Gasteiger charge is -2.35. The first-order valence-corrected chi connectivity index (χ1v) is 10.4. The number of thiazole rings is 1. The standard InChI is InChI=1S/C21H24N4O3S/c1-3-20-23-19(13-29-20)24-21(28)22-17(12-26)15-7-9-16(10-8-15)18-6-4-5-11-25(18)14(2)27/h1,7-10,13,17-18,26H,4-6,11-12H2,2H3,(H2,22,24,28)/t17-,18?/m0/s1. The topological polar surface area (TPSA) is 94.6 Å². The summed E-state index contributed by atoms with van der Waals surface area (Å²) >= 11 is 1.26. The van der Waals surface area contributed by atoms with E-state index in [1.807, 2.05) is 29.2 Å². The van der Waals surface area contributed by atoms with Crippen LogP contribution in [0.4, 0.5) is 10.6 Å². The number of hydrogen-bond donors (Lipinski definition) is 3. The Hall–Kier alpha value is -2.89. The van der Waals surface area contributed by atoms with Crippen molar-refractivity contribution in [1.82, 2.24) is 15.2 Å². The number of nitrogens with zero attached hydrogens (tertiary/aromatic N) is 2. The zero-order valence-corrected chi connectivity index (χ0v) is 17.0. The maximum absolute atomic E-state index is 12.2. The molecule has 3 rings (SSSR count). The van der Waals surface area contributed by atoms with Gasteiger partial charge >= 0.3 is 6.03 Å². The average Bonchev–Trinajstić information content (AvgIpc) is 3.19. The van der Waals surface area contributed by atoms with Crippen molar-refractivity contribution in [3.63, 3.8) is 0 Å². The van der Waals surface area contributed by atoms with Crippen LogP contribution >= 0.6 is 11.3 Å². The van der Waals surface area contributed by atoms with Crippen molar-refractivity contribution in [1.29, 1.82) is 0 Å².